The van der Waals surface area contributed by atoms with E-state index in [1.807, 2.05) is 41.3 Å². The van der Waals surface area contributed by atoms with E-state index >= 15 is 0 Å². The maximum Gasteiger partial charge on any atom is 0.223 e. The summed E-state index contributed by atoms with van der Waals surface area (Å²) in [6, 6.07) is 16.0. The number of nitrogens with two attached hydrogens (primary N) is 1. The van der Waals surface area contributed by atoms with Crippen molar-refractivity contribution in [2.75, 3.05) is 13.1 Å². The summed E-state index contributed by atoms with van der Waals surface area (Å²) in [5.41, 5.74) is 8.42. The summed E-state index contributed by atoms with van der Waals surface area (Å²) >= 11 is 0. The third-order valence-electron chi connectivity index (χ3n) is 4.27. The second-order valence-corrected chi connectivity index (χ2v) is 5.80. The lowest BCUT2D eigenvalue weighted by atomic mass is 9.95. The number of aryl methyl sites for hydroxylation is 1. The molecule has 1 aliphatic rings. The van der Waals surface area contributed by atoms with E-state index in [0.29, 0.717) is 25.9 Å². The Morgan fingerprint density at radius 2 is 1.91 bits per heavy atom. The monoisotopic (exact) mass is 295 g/mol. The highest BCUT2D eigenvalue weighted by atomic mass is 16.2. The van der Waals surface area contributed by atoms with Crippen molar-refractivity contribution in [2.24, 2.45) is 5.73 Å². The topological polar surface area (TPSA) is 59.2 Å². The first kappa shape index (κ1) is 14.7. The molecule has 3 rings (SSSR count). The molecule has 22 heavy (non-hydrogen) atoms. The fraction of sp³-hybridized carbons (Fsp3) is 0.333. The van der Waals surface area contributed by atoms with Crippen LogP contribution in [0.1, 0.15) is 23.6 Å². The Hall–Kier alpha value is -2.20. The molecule has 4 heteroatoms. The summed E-state index contributed by atoms with van der Waals surface area (Å²) in [5, 5.41) is 0. The molecule has 2 atom stereocenters. The van der Waals surface area contributed by atoms with Crippen LogP contribution in [0.5, 0.6) is 0 Å². The molecule has 0 unspecified atom stereocenters. The molecule has 1 saturated heterocycles. The molecule has 1 aliphatic heterocycles. The predicted molar refractivity (Wildman–Crippen MR) is 86.3 cm³/mol. The lowest BCUT2D eigenvalue weighted by molar-refractivity contribution is -0.130. The Kier molecular flexibility index (Phi) is 4.49. The lowest BCUT2D eigenvalue weighted by Crippen LogP contribution is -2.32. The first-order valence-electron chi connectivity index (χ1n) is 7.72. The van der Waals surface area contributed by atoms with Crippen molar-refractivity contribution in [2.45, 2.75) is 24.8 Å². The first-order chi connectivity index (χ1) is 10.7. The van der Waals surface area contributed by atoms with E-state index in [9.17, 15) is 4.79 Å². The van der Waals surface area contributed by atoms with Crippen molar-refractivity contribution < 1.29 is 4.79 Å². The molecule has 1 fully saturated rings. The van der Waals surface area contributed by atoms with Gasteiger partial charge in [0.15, 0.2) is 0 Å². The summed E-state index contributed by atoms with van der Waals surface area (Å²) in [6.07, 6.45) is 2.93. The fourth-order valence-electron chi connectivity index (χ4n) is 3.02. The number of rotatable bonds is 4. The van der Waals surface area contributed by atoms with E-state index in [-0.39, 0.29) is 17.9 Å². The van der Waals surface area contributed by atoms with Gasteiger partial charge in [0.25, 0.3) is 0 Å². The summed E-state index contributed by atoms with van der Waals surface area (Å²) in [6.45, 7) is 1.35. The molecular formula is C18H21N3O. The molecule has 0 bridgehead atoms. The summed E-state index contributed by atoms with van der Waals surface area (Å²) in [7, 11) is 0. The molecule has 0 aliphatic carbocycles. The van der Waals surface area contributed by atoms with Gasteiger partial charge in [-0.25, -0.2) is 0 Å². The molecule has 2 N–H and O–H groups in total. The van der Waals surface area contributed by atoms with Crippen molar-refractivity contribution >= 4 is 5.91 Å². The first-order valence-corrected chi connectivity index (χ1v) is 7.72. The number of benzene rings is 1. The number of carbonyl (C=O) groups is 1. The van der Waals surface area contributed by atoms with Crippen LogP contribution < -0.4 is 5.73 Å². The quantitative estimate of drug-likeness (QED) is 0.938. The number of likely N-dealkylation sites (tertiary alicyclic amines) is 1. The van der Waals surface area contributed by atoms with Crippen LogP contribution >= 0.6 is 0 Å². The van der Waals surface area contributed by atoms with Gasteiger partial charge in [-0.2, -0.15) is 0 Å². The molecule has 0 spiro atoms. The largest absolute Gasteiger partial charge is 0.340 e. The second kappa shape index (κ2) is 6.71. The van der Waals surface area contributed by atoms with E-state index in [4.69, 9.17) is 5.73 Å². The van der Waals surface area contributed by atoms with Crippen LogP contribution in [0.2, 0.25) is 0 Å². The minimum Gasteiger partial charge on any atom is -0.340 e. The Morgan fingerprint density at radius 1 is 1.14 bits per heavy atom. The molecule has 2 heterocycles. The maximum atomic E-state index is 12.4. The predicted octanol–water partition coefficient (Wildman–Crippen LogP) is 1.97. The Morgan fingerprint density at radius 3 is 2.64 bits per heavy atom. The van der Waals surface area contributed by atoms with E-state index in [2.05, 4.69) is 17.1 Å². The number of amides is 1. The van der Waals surface area contributed by atoms with Crippen LogP contribution in [0.3, 0.4) is 0 Å². The van der Waals surface area contributed by atoms with Gasteiger partial charge < -0.3 is 10.6 Å². The van der Waals surface area contributed by atoms with Gasteiger partial charge in [-0.15, -0.1) is 0 Å². The fourth-order valence-corrected chi connectivity index (χ4v) is 3.02. The average molecular weight is 295 g/mol. The van der Waals surface area contributed by atoms with Crippen molar-refractivity contribution in [3.05, 3.63) is 66.0 Å². The van der Waals surface area contributed by atoms with E-state index in [1.54, 1.807) is 6.20 Å². The smallest absolute Gasteiger partial charge is 0.223 e. The van der Waals surface area contributed by atoms with Crippen molar-refractivity contribution in [3.63, 3.8) is 0 Å². The second-order valence-electron chi connectivity index (χ2n) is 5.80. The molecule has 1 aromatic heterocycles. The highest BCUT2D eigenvalue weighted by Crippen LogP contribution is 2.26. The number of aromatic nitrogens is 1. The van der Waals surface area contributed by atoms with E-state index in [1.165, 1.54) is 5.56 Å². The van der Waals surface area contributed by atoms with Crippen LogP contribution in [0, 0.1) is 0 Å². The molecule has 2 aromatic rings. The number of hydrogen-bond acceptors (Lipinski definition) is 3. The minimum atomic E-state index is 0.0150. The molecule has 1 amide bonds. The highest BCUT2D eigenvalue weighted by molar-refractivity contribution is 5.77. The Balaban J connectivity index is 1.58. The van der Waals surface area contributed by atoms with Crippen LogP contribution in [0.25, 0.3) is 0 Å². The molecule has 114 valence electrons. The van der Waals surface area contributed by atoms with Crippen molar-refractivity contribution in [1.29, 1.82) is 0 Å². The van der Waals surface area contributed by atoms with Gasteiger partial charge in [0.2, 0.25) is 5.91 Å². The van der Waals surface area contributed by atoms with Crippen molar-refractivity contribution in [3.8, 4) is 0 Å². The average Bonchev–Trinajstić information content (AvgIpc) is 2.96. The summed E-state index contributed by atoms with van der Waals surface area (Å²) < 4.78 is 0. The third kappa shape index (κ3) is 3.34. The molecular weight excluding hydrogens is 274 g/mol. The van der Waals surface area contributed by atoms with Crippen LogP contribution in [0.15, 0.2) is 54.7 Å². The molecule has 4 nitrogen and oxygen atoms in total. The SMILES string of the molecule is N[C@@H]1CN(C(=O)CCc2ccccn2)C[C@H]1c1ccccc1. The van der Waals surface area contributed by atoms with Crippen LogP contribution in [-0.2, 0) is 11.2 Å². The van der Waals surface area contributed by atoms with Gasteiger partial charge in [-0.1, -0.05) is 36.4 Å². The number of nitrogens with zero attached hydrogens (tertiary/aromatic N) is 2. The van der Waals surface area contributed by atoms with E-state index < -0.39 is 0 Å². The summed E-state index contributed by atoms with van der Waals surface area (Å²) in [5.74, 6) is 0.402. The van der Waals surface area contributed by atoms with Gasteiger partial charge in [0, 0.05) is 43.4 Å². The highest BCUT2D eigenvalue weighted by Gasteiger charge is 2.33. The number of pyridine rings is 1. The maximum absolute atomic E-state index is 12.4. The normalized spacial score (nSPS) is 21.0. The summed E-state index contributed by atoms with van der Waals surface area (Å²) in [4.78, 5) is 18.5. The minimum absolute atomic E-state index is 0.0150. The van der Waals surface area contributed by atoms with Gasteiger partial charge in [0.05, 0.1) is 0 Å². The molecule has 0 radical (unpaired) electrons. The van der Waals surface area contributed by atoms with Crippen LogP contribution in [0.4, 0.5) is 0 Å². The Bertz CT molecular complexity index is 615. The van der Waals surface area contributed by atoms with Crippen LogP contribution in [-0.4, -0.2) is 34.9 Å². The Labute approximate surface area is 131 Å². The van der Waals surface area contributed by atoms with Gasteiger partial charge in [-0.3, -0.25) is 9.78 Å². The zero-order valence-electron chi connectivity index (χ0n) is 12.6. The standard InChI is InChI=1S/C18H21N3O/c19-17-13-21(12-16(17)14-6-2-1-3-7-14)18(22)10-9-15-8-4-5-11-20-15/h1-8,11,16-17H,9-10,12-13,19H2/t16-,17+/m0/s1. The number of hydrogen-bond donors (Lipinski definition) is 1. The number of carbonyl (C=O) groups excluding carboxylic acids is 1. The third-order valence-corrected chi connectivity index (χ3v) is 4.27. The molecule has 1 aromatic carbocycles. The zero-order valence-corrected chi connectivity index (χ0v) is 12.6. The van der Waals surface area contributed by atoms with Crippen molar-refractivity contribution in [1.82, 2.24) is 9.88 Å². The molecule has 0 saturated carbocycles. The van der Waals surface area contributed by atoms with E-state index in [0.717, 1.165) is 5.69 Å². The lowest BCUT2D eigenvalue weighted by Gasteiger charge is -2.16. The van der Waals surface area contributed by atoms with Gasteiger partial charge in [0.1, 0.15) is 0 Å². The van der Waals surface area contributed by atoms with Gasteiger partial charge >= 0.3 is 0 Å². The zero-order chi connectivity index (χ0) is 15.4. The van der Waals surface area contributed by atoms with Gasteiger partial charge in [-0.05, 0) is 24.1 Å².